The zero-order valence-corrected chi connectivity index (χ0v) is 24.0. The minimum Gasteiger partial charge on any atom is -0.506 e. The first-order valence-corrected chi connectivity index (χ1v) is 12.9. The number of nitrogens with zero attached hydrogens (tertiary/aromatic N) is 2. The van der Waals surface area contributed by atoms with Crippen LogP contribution >= 0.6 is 0 Å². The van der Waals surface area contributed by atoms with Crippen LogP contribution < -0.4 is 5.32 Å². The molecule has 8 nitrogen and oxygen atoms in total. The van der Waals surface area contributed by atoms with Gasteiger partial charge in [0.15, 0.2) is 0 Å². The first kappa shape index (κ1) is 29.6. The number of esters is 1. The van der Waals surface area contributed by atoms with Crippen molar-refractivity contribution < 1.29 is 24.5 Å². The van der Waals surface area contributed by atoms with Gasteiger partial charge in [-0.2, -0.15) is 0 Å². The second-order valence-corrected chi connectivity index (χ2v) is 11.7. The van der Waals surface area contributed by atoms with Crippen LogP contribution in [-0.4, -0.2) is 58.5 Å². The number of aliphatic hydroxyl groups is 2. The average molecular weight is 534 g/mol. The first-order chi connectivity index (χ1) is 18.1. The lowest BCUT2D eigenvalue weighted by atomic mass is 9.84. The quantitative estimate of drug-likeness (QED) is 0.341. The molecule has 3 N–H and O–H groups in total. The third-order valence-corrected chi connectivity index (χ3v) is 6.50. The predicted molar refractivity (Wildman–Crippen MR) is 155 cm³/mol. The predicted octanol–water partition coefficient (Wildman–Crippen LogP) is 5.35. The highest BCUT2D eigenvalue weighted by Gasteiger charge is 2.30. The number of rotatable bonds is 6. The van der Waals surface area contributed by atoms with Gasteiger partial charge in [0.05, 0.1) is 12.6 Å². The van der Waals surface area contributed by atoms with E-state index in [1.165, 1.54) is 6.20 Å². The van der Waals surface area contributed by atoms with Crippen LogP contribution in [0.5, 0.6) is 0 Å². The summed E-state index contributed by atoms with van der Waals surface area (Å²) in [6.07, 6.45) is 4.01. The molecule has 2 aromatic rings. The van der Waals surface area contributed by atoms with E-state index in [0.29, 0.717) is 22.3 Å². The highest BCUT2D eigenvalue weighted by atomic mass is 16.6. The molecule has 8 heteroatoms. The Morgan fingerprint density at radius 1 is 1.10 bits per heavy atom. The summed E-state index contributed by atoms with van der Waals surface area (Å²) in [5.41, 5.74) is 1.67. The summed E-state index contributed by atoms with van der Waals surface area (Å²) < 4.78 is 5.30. The van der Waals surface area contributed by atoms with Gasteiger partial charge in [-0.25, -0.2) is 4.79 Å². The number of carbonyl (C=O) groups is 2. The largest absolute Gasteiger partial charge is 0.506 e. The van der Waals surface area contributed by atoms with E-state index in [4.69, 9.17) is 4.74 Å². The second kappa shape index (κ2) is 11.5. The van der Waals surface area contributed by atoms with E-state index in [-0.39, 0.29) is 23.7 Å². The lowest BCUT2D eigenvalue weighted by Crippen LogP contribution is -2.46. The van der Waals surface area contributed by atoms with Crippen molar-refractivity contribution in [3.8, 4) is 0 Å². The molecule has 3 rings (SSSR count). The third-order valence-electron chi connectivity index (χ3n) is 6.50. The minimum atomic E-state index is -0.668. The van der Waals surface area contributed by atoms with Gasteiger partial charge in [-0.15, -0.1) is 0 Å². The maximum absolute atomic E-state index is 13.7. The van der Waals surface area contributed by atoms with E-state index in [1.807, 2.05) is 58.0 Å². The van der Waals surface area contributed by atoms with Gasteiger partial charge in [0, 0.05) is 47.4 Å². The zero-order valence-electron chi connectivity index (χ0n) is 24.0. The number of allylic oxidation sites excluding steroid dienone is 2. The lowest BCUT2D eigenvalue weighted by molar-refractivity contribution is -0.145. The molecular weight excluding hydrogens is 494 g/mol. The van der Waals surface area contributed by atoms with Crippen LogP contribution in [0.2, 0.25) is 0 Å². The Balaban J connectivity index is 2.22. The number of nitrogens with one attached hydrogen (secondary N) is 1. The maximum atomic E-state index is 13.7. The molecule has 0 aliphatic carbocycles. The number of carbonyl (C=O) groups excluding carboxylic acids is 2. The number of hydrogen-bond donors (Lipinski definition) is 3. The number of hydrogen-bond acceptors (Lipinski definition) is 7. The minimum absolute atomic E-state index is 0.0679. The topological polar surface area (TPSA) is 111 Å². The number of aliphatic imine (C=N–C) groups is 1. The van der Waals surface area contributed by atoms with Crippen LogP contribution in [0.15, 0.2) is 70.8 Å². The molecule has 0 spiro atoms. The molecule has 208 valence electrons. The summed E-state index contributed by atoms with van der Waals surface area (Å²) in [5, 5.41) is 25.7. The van der Waals surface area contributed by atoms with Gasteiger partial charge in [0.25, 0.3) is 5.91 Å². The molecule has 0 aromatic heterocycles. The van der Waals surface area contributed by atoms with Gasteiger partial charge in [-0.1, -0.05) is 51.1 Å². The van der Waals surface area contributed by atoms with Crippen LogP contribution in [0.1, 0.15) is 64.4 Å². The summed E-state index contributed by atoms with van der Waals surface area (Å²) in [6.45, 7) is 12.8. The molecule has 1 aliphatic rings. The Bertz CT molecular complexity index is 1390. The lowest BCUT2D eigenvalue weighted by Gasteiger charge is -2.31. The monoisotopic (exact) mass is 533 g/mol. The standard InChI is InChI=1S/C31H39N3O5/c1-19-27(23(24(36)17-34(19)8)15-32-16-26(37)39-31(5,6)7)28-21-12-10-9-11-20(21)13-14-22(28)29(38)33-25(18-35)30(2,3)4/h9-17,25,35-36H,18H2,1-8H3,(H,33,38)/b23-15+,32-16?/t25-/m1/s1. The fourth-order valence-corrected chi connectivity index (χ4v) is 4.30. The van der Waals surface area contributed by atoms with Crippen molar-refractivity contribution in [2.75, 3.05) is 13.7 Å². The molecule has 1 aliphatic heterocycles. The van der Waals surface area contributed by atoms with E-state index in [0.717, 1.165) is 22.7 Å². The normalized spacial score (nSPS) is 16.6. The van der Waals surface area contributed by atoms with E-state index >= 15 is 0 Å². The van der Waals surface area contributed by atoms with Crippen LogP contribution in [0.25, 0.3) is 16.3 Å². The molecule has 39 heavy (non-hydrogen) atoms. The second-order valence-electron chi connectivity index (χ2n) is 11.7. The maximum Gasteiger partial charge on any atom is 0.349 e. The number of aliphatic hydroxyl groups excluding tert-OH is 2. The van der Waals surface area contributed by atoms with Gasteiger partial charge in [0.2, 0.25) is 0 Å². The number of benzene rings is 2. The van der Waals surface area contributed by atoms with Gasteiger partial charge < -0.3 is 25.2 Å². The van der Waals surface area contributed by atoms with Crippen LogP contribution in [0, 0.1) is 5.41 Å². The summed E-state index contributed by atoms with van der Waals surface area (Å²) in [4.78, 5) is 31.9. The van der Waals surface area contributed by atoms with Crippen LogP contribution in [0.3, 0.4) is 0 Å². The molecule has 0 bridgehead atoms. The van der Waals surface area contributed by atoms with Crippen LogP contribution in [-0.2, 0) is 9.53 Å². The van der Waals surface area contributed by atoms with Gasteiger partial charge in [-0.3, -0.25) is 9.79 Å². The van der Waals surface area contributed by atoms with Crippen molar-refractivity contribution in [2.24, 2.45) is 10.4 Å². The van der Waals surface area contributed by atoms with Gasteiger partial charge in [-0.05, 0) is 49.9 Å². The Morgan fingerprint density at radius 2 is 1.77 bits per heavy atom. The van der Waals surface area contributed by atoms with Crippen molar-refractivity contribution in [3.63, 3.8) is 0 Å². The van der Waals surface area contributed by atoms with Crippen molar-refractivity contribution in [1.82, 2.24) is 10.2 Å². The van der Waals surface area contributed by atoms with Crippen molar-refractivity contribution in [1.29, 1.82) is 0 Å². The Kier molecular flexibility index (Phi) is 8.70. The van der Waals surface area contributed by atoms with Crippen molar-refractivity contribution in [2.45, 2.75) is 60.1 Å². The summed E-state index contributed by atoms with van der Waals surface area (Å²) in [6, 6.07) is 10.8. The van der Waals surface area contributed by atoms with Gasteiger partial charge in [0.1, 0.15) is 17.6 Å². The summed E-state index contributed by atoms with van der Waals surface area (Å²) in [7, 11) is 1.80. The number of ether oxygens (including phenoxy) is 1. The number of fused-ring (bicyclic) bond motifs is 1. The summed E-state index contributed by atoms with van der Waals surface area (Å²) in [5.74, 6) is -1.03. The fraction of sp³-hybridized carbons (Fsp3) is 0.387. The molecule has 1 amide bonds. The van der Waals surface area contributed by atoms with Crippen LogP contribution in [0.4, 0.5) is 0 Å². The molecular formula is C31H39N3O5. The average Bonchev–Trinajstić information content (AvgIpc) is 2.83. The smallest absolute Gasteiger partial charge is 0.349 e. The molecule has 0 fully saturated rings. The molecule has 0 unspecified atom stereocenters. The van der Waals surface area contributed by atoms with E-state index in [2.05, 4.69) is 10.3 Å². The van der Waals surface area contributed by atoms with E-state index < -0.39 is 17.6 Å². The van der Waals surface area contributed by atoms with E-state index in [1.54, 1.807) is 45.0 Å². The molecule has 1 atom stereocenters. The molecule has 2 aromatic carbocycles. The molecule has 0 saturated carbocycles. The summed E-state index contributed by atoms with van der Waals surface area (Å²) >= 11 is 0. The van der Waals surface area contributed by atoms with Gasteiger partial charge >= 0.3 is 5.97 Å². The number of amides is 1. The molecule has 1 heterocycles. The fourth-order valence-electron chi connectivity index (χ4n) is 4.30. The first-order valence-electron chi connectivity index (χ1n) is 12.9. The highest BCUT2D eigenvalue weighted by molar-refractivity contribution is 6.23. The van der Waals surface area contributed by atoms with E-state index in [9.17, 15) is 19.8 Å². The zero-order chi connectivity index (χ0) is 29.1. The molecule has 0 saturated heterocycles. The third kappa shape index (κ3) is 6.95. The Morgan fingerprint density at radius 3 is 2.38 bits per heavy atom. The molecule has 0 radical (unpaired) electrons. The Hall–Kier alpha value is -3.91. The Labute approximate surface area is 230 Å². The SMILES string of the molecule is CC1=C(c2c(C(=O)N[C@H](CO)C(C)(C)C)ccc3ccccc23)/C(=C/N=CC(=O)OC(C)(C)C)C(O)=CN1C. The highest BCUT2D eigenvalue weighted by Crippen LogP contribution is 2.40. The van der Waals surface area contributed by atoms with Crippen molar-refractivity contribution in [3.05, 3.63) is 77.0 Å². The van der Waals surface area contributed by atoms with Crippen molar-refractivity contribution >= 4 is 34.4 Å².